The zero-order valence-electron chi connectivity index (χ0n) is 15.6. The molecule has 2 heterocycles. The molecule has 0 spiro atoms. The molecule has 0 radical (unpaired) electrons. The maximum atomic E-state index is 12.6. The molecule has 26 heavy (non-hydrogen) atoms. The first-order chi connectivity index (χ1) is 12.6. The molecule has 3 rings (SSSR count). The van der Waals surface area contributed by atoms with Crippen LogP contribution in [0.15, 0.2) is 36.8 Å². The summed E-state index contributed by atoms with van der Waals surface area (Å²) in [5.41, 5.74) is 2.52. The lowest BCUT2D eigenvalue weighted by atomic mass is 9.84. The van der Waals surface area contributed by atoms with Gasteiger partial charge in [-0.15, -0.1) is 0 Å². The summed E-state index contributed by atoms with van der Waals surface area (Å²) in [7, 11) is 0. The van der Waals surface area contributed by atoms with Crippen LogP contribution in [-0.2, 0) is 6.61 Å². The standard InChI is InChI=1S/C21H27N3O2/c1-15-12-20(26-14-17-8-10-22-11-9-17)23-13-19(15)21(25)24-16(2)18-6-4-3-5-7-18/h8-13,16,18H,3-7,14H2,1-2H3,(H,24,25)/t16-/m1/s1. The zero-order chi connectivity index (χ0) is 18.4. The number of nitrogens with zero attached hydrogens (tertiary/aromatic N) is 2. The Hall–Kier alpha value is -2.43. The van der Waals surface area contributed by atoms with Crippen LogP contribution in [0.25, 0.3) is 0 Å². The van der Waals surface area contributed by atoms with Crippen molar-refractivity contribution in [3.8, 4) is 5.88 Å². The summed E-state index contributed by atoms with van der Waals surface area (Å²) in [6.45, 7) is 4.46. The van der Waals surface area contributed by atoms with Gasteiger partial charge in [0, 0.05) is 30.7 Å². The van der Waals surface area contributed by atoms with E-state index in [1.807, 2.05) is 25.1 Å². The average molecular weight is 353 g/mol. The Balaban J connectivity index is 1.58. The second-order valence-electron chi connectivity index (χ2n) is 7.14. The van der Waals surface area contributed by atoms with Crippen molar-refractivity contribution < 1.29 is 9.53 Å². The summed E-state index contributed by atoms with van der Waals surface area (Å²) in [5.74, 6) is 1.06. The number of aromatic nitrogens is 2. The molecular formula is C21H27N3O2. The Morgan fingerprint density at radius 1 is 1.27 bits per heavy atom. The van der Waals surface area contributed by atoms with Gasteiger partial charge >= 0.3 is 0 Å². The van der Waals surface area contributed by atoms with Gasteiger partial charge in [-0.2, -0.15) is 0 Å². The van der Waals surface area contributed by atoms with Gasteiger partial charge in [0.15, 0.2) is 0 Å². The number of carbonyl (C=O) groups is 1. The first-order valence-electron chi connectivity index (χ1n) is 9.42. The van der Waals surface area contributed by atoms with Gasteiger partial charge in [0.05, 0.1) is 5.56 Å². The number of pyridine rings is 2. The third-order valence-corrected chi connectivity index (χ3v) is 5.18. The maximum Gasteiger partial charge on any atom is 0.253 e. The number of aryl methyl sites for hydroxylation is 1. The molecule has 0 aromatic carbocycles. The molecule has 2 aromatic rings. The molecule has 0 aliphatic heterocycles. The van der Waals surface area contributed by atoms with Gasteiger partial charge in [0.25, 0.3) is 5.91 Å². The smallest absolute Gasteiger partial charge is 0.253 e. The fraction of sp³-hybridized carbons (Fsp3) is 0.476. The van der Waals surface area contributed by atoms with Gasteiger partial charge in [-0.05, 0) is 55.9 Å². The summed E-state index contributed by atoms with van der Waals surface area (Å²) in [4.78, 5) is 20.9. The molecule has 138 valence electrons. The molecule has 0 saturated heterocycles. The Kier molecular flexibility index (Phi) is 6.21. The molecule has 1 amide bonds. The number of hydrogen-bond donors (Lipinski definition) is 1. The van der Waals surface area contributed by atoms with E-state index in [0.717, 1.165) is 11.1 Å². The predicted octanol–water partition coefficient (Wildman–Crippen LogP) is 4.06. The van der Waals surface area contributed by atoms with Gasteiger partial charge in [0.1, 0.15) is 6.61 Å². The van der Waals surface area contributed by atoms with Crippen LogP contribution in [0.4, 0.5) is 0 Å². The highest BCUT2D eigenvalue weighted by atomic mass is 16.5. The van der Waals surface area contributed by atoms with Gasteiger partial charge in [-0.3, -0.25) is 9.78 Å². The van der Waals surface area contributed by atoms with Crippen LogP contribution in [0.3, 0.4) is 0 Å². The van der Waals surface area contributed by atoms with Gasteiger partial charge in [0.2, 0.25) is 5.88 Å². The number of carbonyl (C=O) groups excluding carboxylic acids is 1. The molecule has 1 N–H and O–H groups in total. The van der Waals surface area contributed by atoms with E-state index in [-0.39, 0.29) is 11.9 Å². The molecule has 1 aliphatic rings. The number of hydrogen-bond acceptors (Lipinski definition) is 4. The number of nitrogens with one attached hydrogen (secondary N) is 1. The van der Waals surface area contributed by atoms with Crippen molar-refractivity contribution in [2.75, 3.05) is 0 Å². The molecule has 0 unspecified atom stereocenters. The van der Waals surface area contributed by atoms with Crippen molar-refractivity contribution in [3.63, 3.8) is 0 Å². The van der Waals surface area contributed by atoms with E-state index >= 15 is 0 Å². The van der Waals surface area contributed by atoms with Crippen molar-refractivity contribution in [1.29, 1.82) is 0 Å². The second-order valence-corrected chi connectivity index (χ2v) is 7.14. The van der Waals surface area contributed by atoms with Crippen molar-refractivity contribution in [2.45, 2.75) is 58.6 Å². The highest BCUT2D eigenvalue weighted by molar-refractivity contribution is 5.95. The third kappa shape index (κ3) is 4.81. The van der Waals surface area contributed by atoms with E-state index < -0.39 is 0 Å². The predicted molar refractivity (Wildman–Crippen MR) is 101 cm³/mol. The van der Waals surface area contributed by atoms with E-state index in [0.29, 0.717) is 24.0 Å². The van der Waals surface area contributed by atoms with Crippen molar-refractivity contribution >= 4 is 5.91 Å². The SMILES string of the molecule is Cc1cc(OCc2ccncc2)ncc1C(=O)N[C@H](C)C1CCCCC1. The minimum Gasteiger partial charge on any atom is -0.473 e. The van der Waals surface area contributed by atoms with E-state index in [2.05, 4.69) is 22.2 Å². The van der Waals surface area contributed by atoms with E-state index in [9.17, 15) is 4.79 Å². The van der Waals surface area contributed by atoms with Crippen molar-refractivity contribution in [2.24, 2.45) is 5.92 Å². The van der Waals surface area contributed by atoms with Crippen LogP contribution in [0.5, 0.6) is 5.88 Å². The molecule has 5 nitrogen and oxygen atoms in total. The van der Waals surface area contributed by atoms with Crippen molar-refractivity contribution in [1.82, 2.24) is 15.3 Å². The summed E-state index contributed by atoms with van der Waals surface area (Å²) in [5, 5.41) is 3.16. The number of amides is 1. The average Bonchev–Trinajstić information content (AvgIpc) is 2.68. The van der Waals surface area contributed by atoms with Crippen LogP contribution in [0.2, 0.25) is 0 Å². The normalized spacial score (nSPS) is 16.1. The Bertz CT molecular complexity index is 727. The van der Waals surface area contributed by atoms with Gasteiger partial charge < -0.3 is 10.1 Å². The van der Waals surface area contributed by atoms with E-state index in [1.54, 1.807) is 18.6 Å². The number of ether oxygens (including phenoxy) is 1. The van der Waals surface area contributed by atoms with Crippen LogP contribution in [-0.4, -0.2) is 21.9 Å². The molecule has 1 atom stereocenters. The highest BCUT2D eigenvalue weighted by Crippen LogP contribution is 2.26. The minimum absolute atomic E-state index is 0.0474. The van der Waals surface area contributed by atoms with Crippen LogP contribution < -0.4 is 10.1 Å². The van der Waals surface area contributed by atoms with Crippen molar-refractivity contribution in [3.05, 3.63) is 53.5 Å². The molecular weight excluding hydrogens is 326 g/mol. The van der Waals surface area contributed by atoms with E-state index in [4.69, 9.17) is 4.74 Å². The monoisotopic (exact) mass is 353 g/mol. The van der Waals surface area contributed by atoms with Gasteiger partial charge in [-0.25, -0.2) is 4.98 Å². The first kappa shape index (κ1) is 18.4. The first-order valence-corrected chi connectivity index (χ1v) is 9.42. The minimum atomic E-state index is -0.0474. The lowest BCUT2D eigenvalue weighted by Gasteiger charge is -2.28. The molecule has 1 aliphatic carbocycles. The summed E-state index contributed by atoms with van der Waals surface area (Å²) >= 11 is 0. The molecule has 1 saturated carbocycles. The third-order valence-electron chi connectivity index (χ3n) is 5.18. The van der Waals surface area contributed by atoms with Gasteiger partial charge in [-0.1, -0.05) is 19.3 Å². The topological polar surface area (TPSA) is 64.1 Å². The Morgan fingerprint density at radius 3 is 2.69 bits per heavy atom. The fourth-order valence-corrected chi connectivity index (χ4v) is 3.52. The molecule has 5 heteroatoms. The lowest BCUT2D eigenvalue weighted by molar-refractivity contribution is 0.0918. The fourth-order valence-electron chi connectivity index (χ4n) is 3.52. The Morgan fingerprint density at radius 2 is 2.00 bits per heavy atom. The zero-order valence-corrected chi connectivity index (χ0v) is 15.6. The van der Waals surface area contributed by atoms with Crippen LogP contribution in [0.1, 0.15) is 60.5 Å². The molecule has 2 aromatic heterocycles. The maximum absolute atomic E-state index is 12.6. The second kappa shape index (κ2) is 8.79. The quantitative estimate of drug-likeness (QED) is 0.850. The summed E-state index contributed by atoms with van der Waals surface area (Å²) in [6.07, 6.45) is 11.4. The van der Waals surface area contributed by atoms with Crippen LogP contribution >= 0.6 is 0 Å². The number of rotatable bonds is 6. The Labute approximate surface area is 155 Å². The summed E-state index contributed by atoms with van der Waals surface area (Å²) in [6, 6.07) is 5.83. The van der Waals surface area contributed by atoms with Crippen LogP contribution in [0, 0.1) is 12.8 Å². The largest absolute Gasteiger partial charge is 0.473 e. The molecule has 1 fully saturated rings. The van der Waals surface area contributed by atoms with E-state index in [1.165, 1.54) is 32.1 Å². The summed E-state index contributed by atoms with van der Waals surface area (Å²) < 4.78 is 5.71. The lowest BCUT2D eigenvalue weighted by Crippen LogP contribution is -2.39. The molecule has 0 bridgehead atoms. The highest BCUT2D eigenvalue weighted by Gasteiger charge is 2.22.